The lowest BCUT2D eigenvalue weighted by Gasteiger charge is -2.32. The summed E-state index contributed by atoms with van der Waals surface area (Å²) >= 11 is 0. The summed E-state index contributed by atoms with van der Waals surface area (Å²) in [6.45, 7) is 6.43. The molecule has 3 rings (SSSR count). The number of anilines is 3. The number of aryl methyl sites for hydroxylation is 1. The highest BCUT2D eigenvalue weighted by Gasteiger charge is 2.16. The van der Waals surface area contributed by atoms with Crippen LogP contribution in [0.2, 0.25) is 0 Å². The van der Waals surface area contributed by atoms with Gasteiger partial charge in [0.2, 0.25) is 11.8 Å². The van der Waals surface area contributed by atoms with Crippen LogP contribution in [0, 0.1) is 12.8 Å². The lowest BCUT2D eigenvalue weighted by molar-refractivity contribution is -0.123. The Morgan fingerprint density at radius 2 is 1.37 bits per heavy atom. The molecule has 0 aromatic heterocycles. The maximum absolute atomic E-state index is 12.1. The lowest BCUT2D eigenvalue weighted by atomic mass is 9.99. The smallest absolute Gasteiger partial charge is 0.233 e. The quantitative estimate of drug-likeness (QED) is 0.781. The standard InChI is InChI=1S/C22H27N3O2/c1-16-3-5-18(6-4-16)23-21(26)15-22(27)24-19-7-9-20(10-8-19)25-13-11-17(2)12-14-25/h3-10,17H,11-15H2,1-2H3,(H,23,26)(H,24,27). The molecule has 1 heterocycles. The van der Waals surface area contributed by atoms with Crippen LogP contribution in [0.5, 0.6) is 0 Å². The molecule has 1 saturated heterocycles. The number of hydrogen-bond acceptors (Lipinski definition) is 3. The summed E-state index contributed by atoms with van der Waals surface area (Å²) in [5, 5.41) is 5.52. The molecule has 1 aliphatic heterocycles. The molecule has 0 spiro atoms. The number of nitrogens with one attached hydrogen (secondary N) is 2. The highest BCUT2D eigenvalue weighted by Crippen LogP contribution is 2.24. The Labute approximate surface area is 160 Å². The zero-order valence-electron chi connectivity index (χ0n) is 16.0. The molecule has 2 aromatic rings. The van der Waals surface area contributed by atoms with Gasteiger partial charge in [0.15, 0.2) is 0 Å². The summed E-state index contributed by atoms with van der Waals surface area (Å²) in [6, 6.07) is 15.3. The number of carbonyl (C=O) groups excluding carboxylic acids is 2. The van der Waals surface area contributed by atoms with Crippen molar-refractivity contribution in [2.45, 2.75) is 33.1 Å². The molecule has 0 aliphatic carbocycles. The summed E-state index contributed by atoms with van der Waals surface area (Å²) in [5.74, 6) is 0.153. The van der Waals surface area contributed by atoms with Gasteiger partial charge < -0.3 is 15.5 Å². The molecule has 5 heteroatoms. The van der Waals surface area contributed by atoms with Crippen LogP contribution in [-0.4, -0.2) is 24.9 Å². The Morgan fingerprint density at radius 1 is 0.889 bits per heavy atom. The Hall–Kier alpha value is -2.82. The molecule has 0 bridgehead atoms. The minimum Gasteiger partial charge on any atom is -0.372 e. The molecule has 0 radical (unpaired) electrons. The van der Waals surface area contributed by atoms with Crippen molar-refractivity contribution in [3.8, 4) is 0 Å². The minimum absolute atomic E-state index is 0.209. The van der Waals surface area contributed by atoms with Crippen molar-refractivity contribution in [2.24, 2.45) is 5.92 Å². The van der Waals surface area contributed by atoms with E-state index in [0.29, 0.717) is 11.4 Å². The number of benzene rings is 2. The van der Waals surface area contributed by atoms with Crippen molar-refractivity contribution in [1.29, 1.82) is 0 Å². The van der Waals surface area contributed by atoms with Crippen LogP contribution >= 0.6 is 0 Å². The maximum atomic E-state index is 12.1. The van der Waals surface area contributed by atoms with Crippen LogP contribution in [0.4, 0.5) is 17.1 Å². The van der Waals surface area contributed by atoms with E-state index in [-0.39, 0.29) is 18.2 Å². The van der Waals surface area contributed by atoms with Gasteiger partial charge in [-0.05, 0) is 62.1 Å². The van der Waals surface area contributed by atoms with Gasteiger partial charge in [0.1, 0.15) is 6.42 Å². The fraction of sp³-hybridized carbons (Fsp3) is 0.364. The predicted octanol–water partition coefficient (Wildman–Crippen LogP) is 4.20. The molecule has 27 heavy (non-hydrogen) atoms. The van der Waals surface area contributed by atoms with Gasteiger partial charge in [0.05, 0.1) is 0 Å². The Balaban J connectivity index is 1.48. The van der Waals surface area contributed by atoms with Gasteiger partial charge in [-0.3, -0.25) is 9.59 Å². The molecule has 1 fully saturated rings. The third-order valence-corrected chi connectivity index (χ3v) is 4.96. The zero-order chi connectivity index (χ0) is 19.2. The van der Waals surface area contributed by atoms with Crippen molar-refractivity contribution in [1.82, 2.24) is 0 Å². The number of rotatable bonds is 5. The highest BCUT2D eigenvalue weighted by molar-refractivity contribution is 6.08. The first kappa shape index (κ1) is 19.0. The van der Waals surface area contributed by atoms with Crippen molar-refractivity contribution in [3.05, 3.63) is 54.1 Å². The van der Waals surface area contributed by atoms with Crippen LogP contribution in [0.25, 0.3) is 0 Å². The van der Waals surface area contributed by atoms with Crippen molar-refractivity contribution < 1.29 is 9.59 Å². The fourth-order valence-corrected chi connectivity index (χ4v) is 3.22. The number of hydrogen-bond donors (Lipinski definition) is 2. The Morgan fingerprint density at radius 3 is 1.89 bits per heavy atom. The van der Waals surface area contributed by atoms with Gasteiger partial charge in [-0.2, -0.15) is 0 Å². The van der Waals surface area contributed by atoms with E-state index >= 15 is 0 Å². The van der Waals surface area contributed by atoms with Gasteiger partial charge in [0.25, 0.3) is 0 Å². The van der Waals surface area contributed by atoms with E-state index in [0.717, 1.165) is 24.6 Å². The molecule has 2 N–H and O–H groups in total. The fourth-order valence-electron chi connectivity index (χ4n) is 3.22. The SMILES string of the molecule is Cc1ccc(NC(=O)CC(=O)Nc2ccc(N3CCC(C)CC3)cc2)cc1. The minimum atomic E-state index is -0.324. The molecular formula is C22H27N3O2. The topological polar surface area (TPSA) is 61.4 Å². The second kappa shape index (κ2) is 8.71. The van der Waals surface area contributed by atoms with Crippen LogP contribution < -0.4 is 15.5 Å². The molecule has 142 valence electrons. The summed E-state index contributed by atoms with van der Waals surface area (Å²) in [7, 11) is 0. The Kier molecular flexibility index (Phi) is 6.12. The van der Waals surface area contributed by atoms with E-state index in [9.17, 15) is 9.59 Å². The second-order valence-electron chi connectivity index (χ2n) is 7.36. The number of amides is 2. The lowest BCUT2D eigenvalue weighted by Crippen LogP contribution is -2.32. The zero-order valence-corrected chi connectivity index (χ0v) is 16.0. The second-order valence-corrected chi connectivity index (χ2v) is 7.36. The van der Waals surface area contributed by atoms with Gasteiger partial charge in [-0.15, -0.1) is 0 Å². The number of carbonyl (C=O) groups is 2. The van der Waals surface area contributed by atoms with E-state index in [1.807, 2.05) is 55.5 Å². The molecule has 0 atom stereocenters. The third-order valence-electron chi connectivity index (χ3n) is 4.96. The molecule has 0 saturated carbocycles. The molecule has 2 aromatic carbocycles. The summed E-state index contributed by atoms with van der Waals surface area (Å²) in [5.41, 5.74) is 3.70. The summed E-state index contributed by atoms with van der Waals surface area (Å²) in [6.07, 6.45) is 2.23. The molecular weight excluding hydrogens is 338 g/mol. The molecule has 0 unspecified atom stereocenters. The van der Waals surface area contributed by atoms with Crippen molar-refractivity contribution >= 4 is 28.9 Å². The normalized spacial score (nSPS) is 14.7. The van der Waals surface area contributed by atoms with E-state index < -0.39 is 0 Å². The largest absolute Gasteiger partial charge is 0.372 e. The van der Waals surface area contributed by atoms with Gasteiger partial charge >= 0.3 is 0 Å². The average Bonchev–Trinajstić information content (AvgIpc) is 2.65. The van der Waals surface area contributed by atoms with Gasteiger partial charge in [-0.1, -0.05) is 24.6 Å². The first-order valence-electron chi connectivity index (χ1n) is 9.51. The van der Waals surface area contributed by atoms with Gasteiger partial charge in [0, 0.05) is 30.2 Å². The maximum Gasteiger partial charge on any atom is 0.233 e. The monoisotopic (exact) mass is 365 g/mol. The van der Waals surface area contributed by atoms with E-state index in [1.54, 1.807) is 0 Å². The van der Waals surface area contributed by atoms with Crippen LogP contribution in [-0.2, 0) is 9.59 Å². The molecule has 2 amide bonds. The Bertz CT molecular complexity index is 776. The number of piperidine rings is 1. The average molecular weight is 365 g/mol. The van der Waals surface area contributed by atoms with Crippen LogP contribution in [0.15, 0.2) is 48.5 Å². The van der Waals surface area contributed by atoms with Crippen molar-refractivity contribution in [2.75, 3.05) is 28.6 Å². The number of nitrogens with zero attached hydrogens (tertiary/aromatic N) is 1. The highest BCUT2D eigenvalue weighted by atomic mass is 16.2. The third kappa shape index (κ3) is 5.58. The van der Waals surface area contributed by atoms with Crippen molar-refractivity contribution in [3.63, 3.8) is 0 Å². The van der Waals surface area contributed by atoms with E-state index in [1.165, 1.54) is 18.5 Å². The summed E-state index contributed by atoms with van der Waals surface area (Å²) < 4.78 is 0. The summed E-state index contributed by atoms with van der Waals surface area (Å²) in [4.78, 5) is 26.5. The first-order valence-corrected chi connectivity index (χ1v) is 9.51. The molecule has 5 nitrogen and oxygen atoms in total. The van der Waals surface area contributed by atoms with E-state index in [2.05, 4.69) is 22.5 Å². The van der Waals surface area contributed by atoms with Crippen LogP contribution in [0.1, 0.15) is 31.7 Å². The predicted molar refractivity (Wildman–Crippen MR) is 110 cm³/mol. The molecule has 1 aliphatic rings. The van der Waals surface area contributed by atoms with Crippen LogP contribution in [0.3, 0.4) is 0 Å². The first-order chi connectivity index (χ1) is 13.0. The van der Waals surface area contributed by atoms with E-state index in [4.69, 9.17) is 0 Å². The van der Waals surface area contributed by atoms with Gasteiger partial charge in [-0.25, -0.2) is 0 Å².